The minimum absolute atomic E-state index is 0.233. The molecule has 3 heterocycles. The van der Waals surface area contributed by atoms with Crippen LogP contribution in [0.3, 0.4) is 0 Å². The van der Waals surface area contributed by atoms with Crippen molar-refractivity contribution in [2.45, 2.75) is 39.2 Å². The molecule has 1 fully saturated rings. The predicted molar refractivity (Wildman–Crippen MR) is 85.7 cm³/mol. The van der Waals surface area contributed by atoms with Crippen molar-refractivity contribution >= 4 is 33.3 Å². The van der Waals surface area contributed by atoms with Gasteiger partial charge in [-0.2, -0.15) is 0 Å². The number of carbonyl (C=O) groups excluding carboxylic acids is 1. The highest BCUT2D eigenvalue weighted by Crippen LogP contribution is 2.27. The first kappa shape index (κ1) is 14.3. The maximum absolute atomic E-state index is 11.8. The van der Waals surface area contributed by atoms with E-state index < -0.39 is 0 Å². The van der Waals surface area contributed by atoms with Crippen LogP contribution in [0, 0.1) is 0 Å². The Hall–Kier alpha value is -1.69. The van der Waals surface area contributed by atoms with Gasteiger partial charge in [-0.05, 0) is 17.9 Å². The van der Waals surface area contributed by atoms with Crippen molar-refractivity contribution in [2.24, 2.45) is 0 Å². The lowest BCUT2D eigenvalue weighted by atomic mass is 10.2. The summed E-state index contributed by atoms with van der Waals surface area (Å²) in [5, 5.41) is 6.64. The highest BCUT2D eigenvalue weighted by atomic mass is 32.1. The Balaban J connectivity index is 1.79. The zero-order chi connectivity index (χ0) is 14.8. The van der Waals surface area contributed by atoms with E-state index in [4.69, 9.17) is 0 Å². The number of amides is 1. The number of aromatic nitrogens is 2. The third-order valence-corrected chi connectivity index (χ3v) is 4.68. The minimum Gasteiger partial charge on any atom is -0.365 e. The van der Waals surface area contributed by atoms with Gasteiger partial charge in [0.25, 0.3) is 0 Å². The van der Waals surface area contributed by atoms with Gasteiger partial charge in [-0.25, -0.2) is 9.97 Å². The molecule has 1 unspecified atom stereocenters. The molecule has 112 valence electrons. The van der Waals surface area contributed by atoms with Gasteiger partial charge in [0.1, 0.15) is 16.5 Å². The smallest absolute Gasteiger partial charge is 0.222 e. The Bertz CT molecular complexity index is 654. The molecule has 1 aliphatic rings. The summed E-state index contributed by atoms with van der Waals surface area (Å²) in [5.41, 5.74) is 0. The third kappa shape index (κ3) is 2.85. The van der Waals surface area contributed by atoms with E-state index in [9.17, 15) is 4.79 Å². The fraction of sp³-hybridized carbons (Fsp3) is 0.533. The van der Waals surface area contributed by atoms with Crippen LogP contribution in [0.2, 0.25) is 0 Å². The monoisotopic (exact) mass is 304 g/mol. The molecule has 0 aliphatic carbocycles. The molecule has 1 N–H and O–H groups in total. The first-order valence-electron chi connectivity index (χ1n) is 7.49. The number of thiophene rings is 1. The van der Waals surface area contributed by atoms with Crippen LogP contribution in [0.4, 0.5) is 5.82 Å². The Morgan fingerprint density at radius 3 is 3.10 bits per heavy atom. The molecule has 0 radical (unpaired) electrons. The fourth-order valence-electron chi connectivity index (χ4n) is 2.69. The normalized spacial score (nSPS) is 18.4. The van der Waals surface area contributed by atoms with Crippen LogP contribution in [0.15, 0.2) is 11.4 Å². The minimum atomic E-state index is 0.233. The van der Waals surface area contributed by atoms with E-state index in [0.717, 1.165) is 47.8 Å². The van der Waals surface area contributed by atoms with E-state index in [1.807, 2.05) is 17.2 Å². The summed E-state index contributed by atoms with van der Waals surface area (Å²) in [6.07, 6.45) is 2.38. The predicted octanol–water partition coefficient (Wildman–Crippen LogP) is 2.68. The Morgan fingerprint density at radius 1 is 1.48 bits per heavy atom. The van der Waals surface area contributed by atoms with Crippen molar-refractivity contribution in [2.75, 3.05) is 18.4 Å². The Kier molecular flexibility index (Phi) is 4.05. The van der Waals surface area contributed by atoms with Gasteiger partial charge in [0.15, 0.2) is 0 Å². The lowest BCUT2D eigenvalue weighted by Crippen LogP contribution is -2.31. The highest BCUT2D eigenvalue weighted by molar-refractivity contribution is 7.16. The van der Waals surface area contributed by atoms with Crippen LogP contribution < -0.4 is 5.32 Å². The lowest BCUT2D eigenvalue weighted by molar-refractivity contribution is -0.129. The SMILES string of the molecule is CCC(=O)N1CCC(Nc2nc(CC)nc3sccc23)C1. The number of rotatable bonds is 4. The summed E-state index contributed by atoms with van der Waals surface area (Å²) in [6.45, 7) is 5.58. The number of nitrogens with one attached hydrogen (secondary N) is 1. The fourth-order valence-corrected chi connectivity index (χ4v) is 3.47. The first-order chi connectivity index (χ1) is 10.2. The summed E-state index contributed by atoms with van der Waals surface area (Å²) < 4.78 is 0. The van der Waals surface area contributed by atoms with E-state index in [1.165, 1.54) is 0 Å². The number of hydrogen-bond acceptors (Lipinski definition) is 5. The molecule has 0 saturated carbocycles. The van der Waals surface area contributed by atoms with Crippen LogP contribution >= 0.6 is 11.3 Å². The largest absolute Gasteiger partial charge is 0.365 e. The maximum atomic E-state index is 11.8. The third-order valence-electron chi connectivity index (χ3n) is 3.87. The van der Waals surface area contributed by atoms with E-state index in [0.29, 0.717) is 6.42 Å². The number of likely N-dealkylation sites (tertiary alicyclic amines) is 1. The summed E-state index contributed by atoms with van der Waals surface area (Å²) in [5.74, 6) is 2.01. The quantitative estimate of drug-likeness (QED) is 0.943. The van der Waals surface area contributed by atoms with E-state index in [1.54, 1.807) is 11.3 Å². The van der Waals surface area contributed by atoms with Gasteiger partial charge >= 0.3 is 0 Å². The van der Waals surface area contributed by atoms with Crippen molar-refractivity contribution in [3.8, 4) is 0 Å². The number of hydrogen-bond donors (Lipinski definition) is 1. The molecule has 21 heavy (non-hydrogen) atoms. The zero-order valence-corrected chi connectivity index (χ0v) is 13.2. The van der Waals surface area contributed by atoms with Crippen molar-refractivity contribution in [3.63, 3.8) is 0 Å². The second-order valence-electron chi connectivity index (χ2n) is 5.30. The molecular weight excluding hydrogens is 284 g/mol. The van der Waals surface area contributed by atoms with Gasteiger partial charge in [-0.3, -0.25) is 4.79 Å². The number of fused-ring (bicyclic) bond motifs is 1. The molecule has 1 amide bonds. The second kappa shape index (κ2) is 5.97. The molecule has 0 bridgehead atoms. The molecule has 0 spiro atoms. The van der Waals surface area contributed by atoms with Gasteiger partial charge in [0.05, 0.1) is 5.39 Å². The van der Waals surface area contributed by atoms with Crippen LogP contribution in [0.25, 0.3) is 10.2 Å². The zero-order valence-electron chi connectivity index (χ0n) is 12.4. The van der Waals surface area contributed by atoms with Crippen molar-refractivity contribution < 1.29 is 4.79 Å². The Labute approximate surface area is 128 Å². The summed E-state index contributed by atoms with van der Waals surface area (Å²) in [6, 6.07) is 2.34. The summed E-state index contributed by atoms with van der Waals surface area (Å²) in [4.78, 5) is 23.9. The molecule has 5 nitrogen and oxygen atoms in total. The lowest BCUT2D eigenvalue weighted by Gasteiger charge is -2.17. The standard InChI is InChI=1S/C15H20N4OS/c1-3-12-17-14(11-6-8-21-15(11)18-12)16-10-5-7-19(9-10)13(20)4-2/h6,8,10H,3-5,7,9H2,1-2H3,(H,16,17,18). The molecule has 1 aliphatic heterocycles. The van der Waals surface area contributed by atoms with E-state index in [2.05, 4.69) is 28.3 Å². The summed E-state index contributed by atoms with van der Waals surface area (Å²) >= 11 is 1.64. The second-order valence-corrected chi connectivity index (χ2v) is 6.20. The molecule has 3 rings (SSSR count). The topological polar surface area (TPSA) is 58.1 Å². The molecule has 2 aromatic heterocycles. The molecule has 1 saturated heterocycles. The van der Waals surface area contributed by atoms with Gasteiger partial charge in [-0.1, -0.05) is 13.8 Å². The number of carbonyl (C=O) groups is 1. The molecule has 0 aromatic carbocycles. The number of nitrogens with zero attached hydrogens (tertiary/aromatic N) is 3. The van der Waals surface area contributed by atoms with Crippen molar-refractivity contribution in [1.29, 1.82) is 0 Å². The molecule has 2 aromatic rings. The van der Waals surface area contributed by atoms with Crippen LogP contribution in [-0.2, 0) is 11.2 Å². The van der Waals surface area contributed by atoms with Gasteiger partial charge in [0.2, 0.25) is 5.91 Å². The molecular formula is C15H20N4OS. The van der Waals surface area contributed by atoms with Crippen LogP contribution in [0.1, 0.15) is 32.5 Å². The number of anilines is 1. The maximum Gasteiger partial charge on any atom is 0.222 e. The Morgan fingerprint density at radius 2 is 2.33 bits per heavy atom. The van der Waals surface area contributed by atoms with Crippen LogP contribution in [-0.4, -0.2) is 39.9 Å². The van der Waals surface area contributed by atoms with Gasteiger partial charge < -0.3 is 10.2 Å². The van der Waals surface area contributed by atoms with Crippen molar-refractivity contribution in [3.05, 3.63) is 17.3 Å². The van der Waals surface area contributed by atoms with Crippen LogP contribution in [0.5, 0.6) is 0 Å². The van der Waals surface area contributed by atoms with E-state index >= 15 is 0 Å². The summed E-state index contributed by atoms with van der Waals surface area (Å²) in [7, 11) is 0. The first-order valence-corrected chi connectivity index (χ1v) is 8.37. The number of aryl methyl sites for hydroxylation is 1. The van der Waals surface area contributed by atoms with E-state index in [-0.39, 0.29) is 11.9 Å². The van der Waals surface area contributed by atoms with Gasteiger partial charge in [0, 0.05) is 32.0 Å². The molecule has 6 heteroatoms. The van der Waals surface area contributed by atoms with Crippen molar-refractivity contribution in [1.82, 2.24) is 14.9 Å². The average molecular weight is 304 g/mol. The molecule has 1 atom stereocenters. The van der Waals surface area contributed by atoms with Gasteiger partial charge in [-0.15, -0.1) is 11.3 Å². The average Bonchev–Trinajstić information content (AvgIpc) is 3.15. The highest BCUT2D eigenvalue weighted by Gasteiger charge is 2.26.